The number of carbonyl (C=O) groups is 1. The van der Waals surface area contributed by atoms with Crippen LogP contribution in [-0.4, -0.2) is 20.9 Å². The van der Waals surface area contributed by atoms with Crippen LogP contribution in [0, 0.1) is 6.92 Å². The number of benzene rings is 2. The van der Waals surface area contributed by atoms with Crippen LogP contribution in [0.5, 0.6) is 0 Å². The molecule has 0 saturated heterocycles. The van der Waals surface area contributed by atoms with Crippen LogP contribution in [0.15, 0.2) is 53.0 Å². The number of aromatic nitrogens is 3. The Balaban J connectivity index is 1.82. The van der Waals surface area contributed by atoms with E-state index in [0.717, 1.165) is 10.2 Å². The van der Waals surface area contributed by atoms with Gasteiger partial charge in [-0.1, -0.05) is 47.1 Å². The SMILES string of the molecule is Cc1c(C(=O)Nc2ccc(Br)cc2)nnn1-c1ccc(C(C)C)cc1. The fraction of sp³-hybridized carbons (Fsp3) is 0.211. The van der Waals surface area contributed by atoms with Gasteiger partial charge in [-0.15, -0.1) is 5.10 Å². The number of nitrogens with one attached hydrogen (secondary N) is 1. The van der Waals surface area contributed by atoms with Gasteiger partial charge in [0, 0.05) is 10.2 Å². The van der Waals surface area contributed by atoms with Gasteiger partial charge in [0.1, 0.15) is 0 Å². The second-order valence-electron chi connectivity index (χ2n) is 6.14. The molecule has 0 atom stereocenters. The maximum absolute atomic E-state index is 12.5. The van der Waals surface area contributed by atoms with Gasteiger partial charge < -0.3 is 5.32 Å². The first-order valence-corrected chi connectivity index (χ1v) is 8.84. The summed E-state index contributed by atoms with van der Waals surface area (Å²) >= 11 is 3.37. The van der Waals surface area contributed by atoms with Crippen LogP contribution in [0.3, 0.4) is 0 Å². The first kappa shape index (κ1) is 17.4. The molecule has 0 aliphatic rings. The number of anilines is 1. The predicted molar refractivity (Wildman–Crippen MR) is 102 cm³/mol. The Morgan fingerprint density at radius 2 is 1.72 bits per heavy atom. The Labute approximate surface area is 155 Å². The highest BCUT2D eigenvalue weighted by Crippen LogP contribution is 2.19. The smallest absolute Gasteiger partial charge is 0.278 e. The number of halogens is 1. The van der Waals surface area contributed by atoms with Crippen molar-refractivity contribution in [3.05, 3.63) is 70.0 Å². The summed E-state index contributed by atoms with van der Waals surface area (Å²) in [5.74, 6) is 0.197. The zero-order valence-corrected chi connectivity index (χ0v) is 15.9. The average molecular weight is 399 g/mol. The molecule has 6 heteroatoms. The van der Waals surface area contributed by atoms with Crippen LogP contribution in [0.4, 0.5) is 5.69 Å². The van der Waals surface area contributed by atoms with E-state index in [1.165, 1.54) is 5.56 Å². The molecule has 1 heterocycles. The quantitative estimate of drug-likeness (QED) is 0.691. The van der Waals surface area contributed by atoms with Gasteiger partial charge in [0.2, 0.25) is 0 Å². The van der Waals surface area contributed by atoms with Crippen molar-refractivity contribution in [3.8, 4) is 5.69 Å². The Morgan fingerprint density at radius 1 is 1.08 bits per heavy atom. The molecule has 0 saturated carbocycles. The van der Waals surface area contributed by atoms with Crippen molar-refractivity contribution < 1.29 is 4.79 Å². The van der Waals surface area contributed by atoms with Crippen molar-refractivity contribution in [1.82, 2.24) is 15.0 Å². The largest absolute Gasteiger partial charge is 0.321 e. The van der Waals surface area contributed by atoms with E-state index in [2.05, 4.69) is 57.5 Å². The van der Waals surface area contributed by atoms with E-state index in [1.807, 2.05) is 43.3 Å². The average Bonchev–Trinajstić information content (AvgIpc) is 2.98. The third-order valence-electron chi connectivity index (χ3n) is 4.02. The van der Waals surface area contributed by atoms with Gasteiger partial charge in [0.25, 0.3) is 5.91 Å². The molecule has 25 heavy (non-hydrogen) atoms. The van der Waals surface area contributed by atoms with E-state index in [4.69, 9.17) is 0 Å². The molecule has 0 unspecified atom stereocenters. The van der Waals surface area contributed by atoms with Gasteiger partial charge in [-0.3, -0.25) is 4.79 Å². The fourth-order valence-electron chi connectivity index (χ4n) is 2.51. The highest BCUT2D eigenvalue weighted by atomic mass is 79.9. The van der Waals surface area contributed by atoms with Gasteiger partial charge in [-0.05, 0) is 54.8 Å². The number of hydrogen-bond acceptors (Lipinski definition) is 3. The summed E-state index contributed by atoms with van der Waals surface area (Å²) in [5.41, 5.74) is 3.87. The molecular weight excluding hydrogens is 380 g/mol. The molecule has 2 aromatic carbocycles. The molecule has 0 spiro atoms. The van der Waals surface area contributed by atoms with Gasteiger partial charge in [0.15, 0.2) is 5.69 Å². The van der Waals surface area contributed by atoms with E-state index in [0.29, 0.717) is 23.0 Å². The minimum atomic E-state index is -0.273. The second-order valence-corrected chi connectivity index (χ2v) is 7.06. The lowest BCUT2D eigenvalue weighted by Crippen LogP contribution is -2.14. The summed E-state index contributed by atoms with van der Waals surface area (Å²) < 4.78 is 2.64. The summed E-state index contributed by atoms with van der Waals surface area (Å²) in [7, 11) is 0. The van der Waals surface area contributed by atoms with E-state index >= 15 is 0 Å². The summed E-state index contributed by atoms with van der Waals surface area (Å²) in [6.45, 7) is 6.15. The fourth-order valence-corrected chi connectivity index (χ4v) is 2.77. The lowest BCUT2D eigenvalue weighted by molar-refractivity contribution is 0.102. The lowest BCUT2D eigenvalue weighted by atomic mass is 10.0. The molecule has 0 aliphatic heterocycles. The Bertz CT molecular complexity index is 883. The first-order valence-electron chi connectivity index (χ1n) is 8.05. The van der Waals surface area contributed by atoms with Crippen molar-refractivity contribution in [1.29, 1.82) is 0 Å². The van der Waals surface area contributed by atoms with Crippen LogP contribution in [0.2, 0.25) is 0 Å². The molecule has 0 aliphatic carbocycles. The van der Waals surface area contributed by atoms with Crippen molar-refractivity contribution in [2.24, 2.45) is 0 Å². The Kier molecular flexibility index (Phi) is 4.99. The maximum atomic E-state index is 12.5. The van der Waals surface area contributed by atoms with Crippen molar-refractivity contribution in [3.63, 3.8) is 0 Å². The molecule has 3 aromatic rings. The normalized spacial score (nSPS) is 10.9. The number of carbonyl (C=O) groups excluding carboxylic acids is 1. The number of hydrogen-bond donors (Lipinski definition) is 1. The van der Waals surface area contributed by atoms with E-state index in [1.54, 1.807) is 4.68 Å². The number of nitrogens with zero attached hydrogens (tertiary/aromatic N) is 3. The molecule has 1 amide bonds. The van der Waals surface area contributed by atoms with E-state index in [9.17, 15) is 4.79 Å². The maximum Gasteiger partial charge on any atom is 0.278 e. The zero-order valence-electron chi connectivity index (χ0n) is 14.3. The van der Waals surface area contributed by atoms with E-state index in [-0.39, 0.29) is 5.91 Å². The van der Waals surface area contributed by atoms with Gasteiger partial charge in [-0.25, -0.2) is 4.68 Å². The summed E-state index contributed by atoms with van der Waals surface area (Å²) in [6, 6.07) is 15.5. The predicted octanol–water partition coefficient (Wildman–Crippen LogP) is 4.71. The molecule has 5 nitrogen and oxygen atoms in total. The molecule has 3 rings (SSSR count). The van der Waals surface area contributed by atoms with Crippen LogP contribution in [0.25, 0.3) is 5.69 Å². The van der Waals surface area contributed by atoms with Gasteiger partial charge >= 0.3 is 0 Å². The minimum Gasteiger partial charge on any atom is -0.321 e. The lowest BCUT2D eigenvalue weighted by Gasteiger charge is -2.08. The number of rotatable bonds is 4. The minimum absolute atomic E-state index is 0.273. The van der Waals surface area contributed by atoms with Gasteiger partial charge in [-0.2, -0.15) is 0 Å². The molecule has 0 fully saturated rings. The Hall–Kier alpha value is -2.47. The molecular formula is C19H19BrN4O. The standard InChI is InChI=1S/C19H19BrN4O/c1-12(2)14-4-10-17(11-5-14)24-13(3)18(22-23-24)19(25)21-16-8-6-15(20)7-9-16/h4-12H,1-3H3,(H,21,25). The first-order chi connectivity index (χ1) is 12.0. The highest BCUT2D eigenvalue weighted by molar-refractivity contribution is 9.10. The monoisotopic (exact) mass is 398 g/mol. The molecule has 1 N–H and O–H groups in total. The van der Waals surface area contributed by atoms with Crippen molar-refractivity contribution >= 4 is 27.5 Å². The number of amides is 1. The van der Waals surface area contributed by atoms with Crippen LogP contribution in [-0.2, 0) is 0 Å². The second kappa shape index (κ2) is 7.19. The molecule has 1 aromatic heterocycles. The zero-order chi connectivity index (χ0) is 18.0. The Morgan fingerprint density at radius 3 is 2.32 bits per heavy atom. The summed E-state index contributed by atoms with van der Waals surface area (Å²) in [4.78, 5) is 12.5. The van der Waals surface area contributed by atoms with Crippen LogP contribution < -0.4 is 5.32 Å². The topological polar surface area (TPSA) is 59.8 Å². The molecule has 0 radical (unpaired) electrons. The van der Waals surface area contributed by atoms with Crippen molar-refractivity contribution in [2.45, 2.75) is 26.7 Å². The van der Waals surface area contributed by atoms with Crippen LogP contribution >= 0.6 is 15.9 Å². The third-order valence-corrected chi connectivity index (χ3v) is 4.54. The van der Waals surface area contributed by atoms with Gasteiger partial charge in [0.05, 0.1) is 11.4 Å². The van der Waals surface area contributed by atoms with E-state index < -0.39 is 0 Å². The summed E-state index contributed by atoms with van der Waals surface area (Å²) in [6.07, 6.45) is 0. The van der Waals surface area contributed by atoms with Crippen molar-refractivity contribution in [2.75, 3.05) is 5.32 Å². The van der Waals surface area contributed by atoms with Crippen LogP contribution in [0.1, 0.15) is 41.5 Å². The molecule has 128 valence electrons. The summed E-state index contributed by atoms with van der Waals surface area (Å²) in [5, 5.41) is 11.0. The molecule has 0 bridgehead atoms. The third kappa shape index (κ3) is 3.79. The highest BCUT2D eigenvalue weighted by Gasteiger charge is 2.17.